The van der Waals surface area contributed by atoms with Crippen molar-refractivity contribution < 1.29 is 0 Å². The standard InChI is InChI=1S/C10H12.C9H18.2C2H6/c1-8(2)10-7-5-4-6-9(10)3;1-2-6-9-7-4-3-5-8-9;2*1-2/h4-7H,1H2,2-3H3;9H,2-8H2,1H3;2*1-2H3. The van der Waals surface area contributed by atoms with Crippen LogP contribution in [-0.4, -0.2) is 0 Å². The monoisotopic (exact) mass is 318 g/mol. The zero-order chi connectivity index (χ0) is 18.1. The summed E-state index contributed by atoms with van der Waals surface area (Å²) in [6.45, 7) is 18.3. The van der Waals surface area contributed by atoms with Gasteiger partial charge in [0.05, 0.1) is 0 Å². The molecule has 1 aromatic rings. The second-order valence-electron chi connectivity index (χ2n) is 5.89. The number of allylic oxidation sites excluding steroid dienone is 1. The summed E-state index contributed by atoms with van der Waals surface area (Å²) < 4.78 is 0. The first kappa shape index (κ1) is 24.2. The van der Waals surface area contributed by atoms with Crippen LogP contribution in [0.3, 0.4) is 0 Å². The molecule has 0 spiro atoms. The molecule has 0 radical (unpaired) electrons. The van der Waals surface area contributed by atoms with E-state index in [9.17, 15) is 0 Å². The van der Waals surface area contributed by atoms with Crippen LogP contribution >= 0.6 is 0 Å². The molecular formula is C23H42. The van der Waals surface area contributed by atoms with Gasteiger partial charge in [0.15, 0.2) is 0 Å². The van der Waals surface area contributed by atoms with E-state index >= 15 is 0 Å². The van der Waals surface area contributed by atoms with E-state index in [2.05, 4.69) is 32.6 Å². The first-order valence-electron chi connectivity index (χ1n) is 9.86. The van der Waals surface area contributed by atoms with E-state index in [-0.39, 0.29) is 0 Å². The molecule has 0 amide bonds. The van der Waals surface area contributed by atoms with Gasteiger partial charge in [-0.15, -0.1) is 0 Å². The van der Waals surface area contributed by atoms with Crippen molar-refractivity contribution in [2.24, 2.45) is 5.92 Å². The maximum Gasteiger partial charge on any atom is -0.0204 e. The molecule has 23 heavy (non-hydrogen) atoms. The second-order valence-corrected chi connectivity index (χ2v) is 5.89. The fourth-order valence-corrected chi connectivity index (χ4v) is 2.94. The van der Waals surface area contributed by atoms with Gasteiger partial charge in [-0.25, -0.2) is 0 Å². The van der Waals surface area contributed by atoms with Gasteiger partial charge >= 0.3 is 0 Å². The van der Waals surface area contributed by atoms with Gasteiger partial charge in [0.2, 0.25) is 0 Å². The smallest absolute Gasteiger partial charge is 0.0204 e. The van der Waals surface area contributed by atoms with E-state index in [4.69, 9.17) is 0 Å². The first-order valence-corrected chi connectivity index (χ1v) is 9.86. The topological polar surface area (TPSA) is 0 Å². The van der Waals surface area contributed by atoms with Gasteiger partial charge < -0.3 is 0 Å². The van der Waals surface area contributed by atoms with Crippen molar-refractivity contribution in [1.82, 2.24) is 0 Å². The zero-order valence-electron chi connectivity index (χ0n) is 17.0. The highest BCUT2D eigenvalue weighted by Gasteiger charge is 2.11. The highest BCUT2D eigenvalue weighted by Crippen LogP contribution is 2.26. The molecular weight excluding hydrogens is 276 g/mol. The zero-order valence-corrected chi connectivity index (χ0v) is 17.0. The predicted molar refractivity (Wildman–Crippen MR) is 110 cm³/mol. The largest absolute Gasteiger partial charge is 0.0955 e. The Morgan fingerprint density at radius 2 is 1.52 bits per heavy atom. The van der Waals surface area contributed by atoms with Gasteiger partial charge in [-0.1, -0.05) is 116 Å². The van der Waals surface area contributed by atoms with Gasteiger partial charge in [0.25, 0.3) is 0 Å². The fourth-order valence-electron chi connectivity index (χ4n) is 2.94. The normalized spacial score (nSPS) is 13.3. The van der Waals surface area contributed by atoms with Gasteiger partial charge in [-0.3, -0.25) is 0 Å². The van der Waals surface area contributed by atoms with Crippen molar-refractivity contribution in [3.05, 3.63) is 42.0 Å². The van der Waals surface area contributed by atoms with Crippen LogP contribution in [0.5, 0.6) is 0 Å². The van der Waals surface area contributed by atoms with Crippen molar-refractivity contribution in [3.8, 4) is 0 Å². The average Bonchev–Trinajstić information content (AvgIpc) is 2.60. The fraction of sp³-hybridized carbons (Fsp3) is 0.652. The van der Waals surface area contributed by atoms with Crippen LogP contribution in [0, 0.1) is 12.8 Å². The molecule has 2 rings (SSSR count). The van der Waals surface area contributed by atoms with E-state index in [0.29, 0.717) is 0 Å². The minimum absolute atomic E-state index is 1.10. The maximum absolute atomic E-state index is 3.89. The average molecular weight is 319 g/mol. The first-order chi connectivity index (χ1) is 11.1. The molecule has 0 unspecified atom stereocenters. The summed E-state index contributed by atoms with van der Waals surface area (Å²) in [4.78, 5) is 0. The van der Waals surface area contributed by atoms with Crippen LogP contribution in [0.15, 0.2) is 30.8 Å². The highest BCUT2D eigenvalue weighted by atomic mass is 14.2. The van der Waals surface area contributed by atoms with Crippen LogP contribution < -0.4 is 0 Å². The molecule has 0 N–H and O–H groups in total. The Morgan fingerprint density at radius 3 is 1.91 bits per heavy atom. The molecule has 0 heterocycles. The summed E-state index contributed by atoms with van der Waals surface area (Å²) >= 11 is 0. The maximum atomic E-state index is 3.89. The van der Waals surface area contributed by atoms with Gasteiger partial charge in [-0.05, 0) is 30.9 Å². The Labute approximate surface area is 147 Å². The third-order valence-electron chi connectivity index (χ3n) is 4.03. The minimum atomic E-state index is 1.10. The van der Waals surface area contributed by atoms with Crippen molar-refractivity contribution >= 4 is 5.57 Å². The summed E-state index contributed by atoms with van der Waals surface area (Å²) in [5.74, 6) is 1.10. The summed E-state index contributed by atoms with van der Waals surface area (Å²) in [6, 6.07) is 8.28. The molecule has 0 atom stereocenters. The van der Waals surface area contributed by atoms with E-state index in [1.807, 2.05) is 46.8 Å². The lowest BCUT2D eigenvalue weighted by Crippen LogP contribution is -2.04. The summed E-state index contributed by atoms with van der Waals surface area (Å²) in [5, 5.41) is 0. The van der Waals surface area contributed by atoms with E-state index in [1.165, 1.54) is 56.1 Å². The van der Waals surface area contributed by atoms with E-state index < -0.39 is 0 Å². The molecule has 0 aromatic heterocycles. The minimum Gasteiger partial charge on any atom is -0.0955 e. The number of rotatable bonds is 3. The van der Waals surface area contributed by atoms with Crippen molar-refractivity contribution in [2.75, 3.05) is 0 Å². The van der Waals surface area contributed by atoms with Crippen molar-refractivity contribution in [1.29, 1.82) is 0 Å². The third-order valence-corrected chi connectivity index (χ3v) is 4.03. The molecule has 1 aromatic carbocycles. The number of hydrogen-bond acceptors (Lipinski definition) is 0. The molecule has 134 valence electrons. The highest BCUT2D eigenvalue weighted by molar-refractivity contribution is 5.63. The van der Waals surface area contributed by atoms with Crippen LogP contribution in [-0.2, 0) is 0 Å². The number of aryl methyl sites for hydroxylation is 1. The third kappa shape index (κ3) is 12.1. The molecule has 1 fully saturated rings. The lowest BCUT2D eigenvalue weighted by molar-refractivity contribution is 0.336. The van der Waals surface area contributed by atoms with Crippen LogP contribution in [0.1, 0.15) is 97.6 Å². The van der Waals surface area contributed by atoms with Crippen LogP contribution in [0.4, 0.5) is 0 Å². The Balaban J connectivity index is 0. The second kappa shape index (κ2) is 17.3. The molecule has 0 heteroatoms. The lowest BCUT2D eigenvalue weighted by atomic mass is 9.86. The molecule has 1 aliphatic carbocycles. The Kier molecular flexibility index (Phi) is 18.2. The summed E-state index contributed by atoms with van der Waals surface area (Å²) in [7, 11) is 0. The van der Waals surface area contributed by atoms with E-state index in [1.54, 1.807) is 0 Å². The van der Waals surface area contributed by atoms with Crippen LogP contribution in [0.2, 0.25) is 0 Å². The van der Waals surface area contributed by atoms with E-state index in [0.717, 1.165) is 11.5 Å². The quantitative estimate of drug-likeness (QED) is 0.524. The number of hydrogen-bond donors (Lipinski definition) is 0. The Morgan fingerprint density at radius 1 is 1.00 bits per heavy atom. The molecule has 0 nitrogen and oxygen atoms in total. The molecule has 1 aliphatic rings. The van der Waals surface area contributed by atoms with Crippen molar-refractivity contribution in [2.45, 2.75) is 93.4 Å². The predicted octanol–water partition coefficient (Wildman–Crippen LogP) is 8.45. The van der Waals surface area contributed by atoms with Crippen LogP contribution in [0.25, 0.3) is 5.57 Å². The molecule has 1 saturated carbocycles. The summed E-state index contributed by atoms with van der Waals surface area (Å²) in [5.41, 5.74) is 3.70. The van der Waals surface area contributed by atoms with Gasteiger partial charge in [0, 0.05) is 0 Å². The Hall–Kier alpha value is -1.04. The SMILES string of the molecule is C=C(C)c1ccccc1C.CC.CC.CCCC1CCCCC1. The molecule has 0 aliphatic heterocycles. The molecule has 0 bridgehead atoms. The number of benzene rings is 1. The molecule has 0 saturated heterocycles. The lowest BCUT2D eigenvalue weighted by Gasteiger charge is -2.20. The Bertz CT molecular complexity index is 367. The van der Waals surface area contributed by atoms with Crippen molar-refractivity contribution in [3.63, 3.8) is 0 Å². The summed E-state index contributed by atoms with van der Waals surface area (Å²) in [6.07, 6.45) is 10.4. The van der Waals surface area contributed by atoms with Gasteiger partial charge in [0.1, 0.15) is 0 Å². The van der Waals surface area contributed by atoms with Gasteiger partial charge in [-0.2, -0.15) is 0 Å².